The van der Waals surface area contributed by atoms with Gasteiger partial charge in [-0.15, -0.1) is 0 Å². The van der Waals surface area contributed by atoms with Gasteiger partial charge in [0.1, 0.15) is 0 Å². The summed E-state index contributed by atoms with van der Waals surface area (Å²) < 4.78 is 28.0. The number of allylic oxidation sites excluding steroid dienone is 2. The fourth-order valence-corrected chi connectivity index (χ4v) is 3.73. The Bertz CT molecular complexity index is 541. The van der Waals surface area contributed by atoms with Gasteiger partial charge in [0.15, 0.2) is 11.7 Å². The third kappa shape index (κ3) is 18.4. The topological polar surface area (TPSA) is 58.2 Å². The van der Waals surface area contributed by atoms with E-state index in [1.165, 1.54) is 50.7 Å². The van der Waals surface area contributed by atoms with Gasteiger partial charge in [0, 0.05) is 12.1 Å². The Morgan fingerprint density at radius 3 is 1.33 bits per heavy atom. The van der Waals surface area contributed by atoms with Gasteiger partial charge < -0.3 is 10.6 Å². The average molecular weight is 471 g/mol. The molecule has 0 saturated heterocycles. The second kappa shape index (κ2) is 20.9. The molecule has 6 heteroatoms. The molecule has 2 N–H and O–H groups in total. The molecule has 0 aromatic heterocycles. The Kier molecular flexibility index (Phi) is 19.8. The van der Waals surface area contributed by atoms with E-state index in [4.69, 9.17) is 0 Å². The van der Waals surface area contributed by atoms with Crippen molar-refractivity contribution in [3.8, 4) is 0 Å². The first-order chi connectivity index (χ1) is 15.8. The Hall–Kier alpha value is -1.72. The van der Waals surface area contributed by atoms with Crippen LogP contribution < -0.4 is 10.6 Å². The molecule has 0 aromatic carbocycles. The highest BCUT2D eigenvalue weighted by molar-refractivity contribution is 5.91. The van der Waals surface area contributed by atoms with Crippen LogP contribution >= 0.6 is 0 Å². The molecule has 0 saturated carbocycles. The lowest BCUT2D eigenvalue weighted by Gasteiger charge is -2.19. The van der Waals surface area contributed by atoms with Gasteiger partial charge >= 0.3 is 0 Å². The maximum absolute atomic E-state index is 14.0. The molecule has 192 valence electrons. The number of halogens is 2. The highest BCUT2D eigenvalue weighted by atomic mass is 19.1. The summed E-state index contributed by atoms with van der Waals surface area (Å²) >= 11 is 0. The first-order valence-electron chi connectivity index (χ1n) is 13.1. The summed E-state index contributed by atoms with van der Waals surface area (Å²) in [5, 5.41) is 5.21. The van der Waals surface area contributed by atoms with E-state index in [-0.39, 0.29) is 12.1 Å². The first-order valence-corrected chi connectivity index (χ1v) is 13.1. The second-order valence-electron chi connectivity index (χ2n) is 9.20. The van der Waals surface area contributed by atoms with Crippen molar-refractivity contribution < 1.29 is 18.4 Å². The van der Waals surface area contributed by atoms with E-state index in [2.05, 4.69) is 24.5 Å². The number of hydrogen-bond acceptors (Lipinski definition) is 2. The summed E-state index contributed by atoms with van der Waals surface area (Å²) in [6.45, 7) is 7.82. The summed E-state index contributed by atoms with van der Waals surface area (Å²) in [5.74, 6) is -3.01. The van der Waals surface area contributed by atoms with Crippen molar-refractivity contribution in [1.29, 1.82) is 0 Å². The third-order valence-electron chi connectivity index (χ3n) is 5.66. The molecule has 0 aliphatic carbocycles. The maximum Gasteiger partial charge on any atom is 0.279 e. The Labute approximate surface area is 201 Å². The third-order valence-corrected chi connectivity index (χ3v) is 5.66. The lowest BCUT2D eigenvalue weighted by Crippen LogP contribution is -2.40. The summed E-state index contributed by atoms with van der Waals surface area (Å²) in [5.41, 5.74) is 0. The molecule has 0 spiro atoms. The summed E-state index contributed by atoms with van der Waals surface area (Å²) in [6, 6.07) is -0.702. The zero-order valence-corrected chi connectivity index (χ0v) is 21.5. The molecule has 4 nitrogen and oxygen atoms in total. The molecule has 0 heterocycles. The van der Waals surface area contributed by atoms with Crippen LogP contribution in [0.4, 0.5) is 8.78 Å². The van der Waals surface area contributed by atoms with Crippen LogP contribution in [-0.4, -0.2) is 23.9 Å². The Morgan fingerprint density at radius 1 is 0.636 bits per heavy atom. The molecule has 0 rings (SSSR count). The molecule has 0 aromatic rings. The van der Waals surface area contributed by atoms with E-state index < -0.39 is 23.5 Å². The number of carbonyl (C=O) groups is 2. The zero-order chi connectivity index (χ0) is 24.9. The smallest absolute Gasteiger partial charge is 0.279 e. The summed E-state index contributed by atoms with van der Waals surface area (Å²) in [4.78, 5) is 24.0. The van der Waals surface area contributed by atoms with E-state index in [1.807, 2.05) is 0 Å². The number of hydrogen-bond donors (Lipinski definition) is 2. The number of rotatable bonds is 20. The molecule has 2 atom stereocenters. The van der Waals surface area contributed by atoms with Crippen LogP contribution in [0.2, 0.25) is 0 Å². The quantitative estimate of drug-likeness (QED) is 0.142. The normalized spacial score (nSPS) is 14.1. The van der Waals surface area contributed by atoms with Crippen LogP contribution in [0.5, 0.6) is 0 Å². The van der Waals surface area contributed by atoms with Crippen LogP contribution in [0.25, 0.3) is 0 Å². The van der Waals surface area contributed by atoms with Crippen LogP contribution in [0.3, 0.4) is 0 Å². The lowest BCUT2D eigenvalue weighted by molar-refractivity contribution is -0.119. The van der Waals surface area contributed by atoms with Crippen molar-refractivity contribution in [1.82, 2.24) is 10.6 Å². The van der Waals surface area contributed by atoms with Crippen molar-refractivity contribution in [3.05, 3.63) is 23.8 Å². The highest BCUT2D eigenvalue weighted by Crippen LogP contribution is 2.11. The van der Waals surface area contributed by atoms with E-state index in [1.54, 1.807) is 13.8 Å². The van der Waals surface area contributed by atoms with Gasteiger partial charge in [-0.1, -0.05) is 78.1 Å². The van der Waals surface area contributed by atoms with Crippen LogP contribution in [0, 0.1) is 0 Å². The van der Waals surface area contributed by atoms with Crippen molar-refractivity contribution in [2.24, 2.45) is 0 Å². The van der Waals surface area contributed by atoms with Gasteiger partial charge in [-0.2, -0.15) is 0 Å². The minimum Gasteiger partial charge on any atom is -0.348 e. The standard InChI is InChI=1S/C27H48F2N2O2/c1-5-7-9-11-13-15-17-19-24(28)26(32)30-22(3)21-23(4)31-27(33)25(29)20-18-16-14-12-10-8-6-2/h19-20,22-23H,5-18,21H2,1-4H3,(H,30,32)(H,31,33). The first kappa shape index (κ1) is 31.3. The van der Waals surface area contributed by atoms with Gasteiger partial charge in [-0.25, -0.2) is 8.78 Å². The Morgan fingerprint density at radius 2 is 0.970 bits per heavy atom. The number of unbranched alkanes of at least 4 members (excludes halogenated alkanes) is 12. The molecular weight excluding hydrogens is 422 g/mol. The van der Waals surface area contributed by atoms with Crippen LogP contribution in [0.15, 0.2) is 23.8 Å². The minimum atomic E-state index is -0.768. The SMILES string of the molecule is CCCCCCCCC=C(F)C(=O)NC(C)CC(C)NC(=O)C(F)=CCCCCCCCC. The highest BCUT2D eigenvalue weighted by Gasteiger charge is 2.17. The van der Waals surface area contributed by atoms with Crippen molar-refractivity contribution in [2.75, 3.05) is 0 Å². The van der Waals surface area contributed by atoms with E-state index in [0.29, 0.717) is 19.3 Å². The lowest BCUT2D eigenvalue weighted by atomic mass is 10.1. The Balaban J connectivity index is 4.14. The number of nitrogens with one attached hydrogen (secondary N) is 2. The second-order valence-corrected chi connectivity index (χ2v) is 9.20. The van der Waals surface area contributed by atoms with Gasteiger partial charge in [0.25, 0.3) is 11.8 Å². The molecular formula is C27H48F2N2O2. The van der Waals surface area contributed by atoms with Crippen molar-refractivity contribution in [3.63, 3.8) is 0 Å². The maximum atomic E-state index is 14.0. The fraction of sp³-hybridized carbons (Fsp3) is 0.778. The predicted molar refractivity (Wildman–Crippen MR) is 134 cm³/mol. The molecule has 2 unspecified atom stereocenters. The fourth-order valence-electron chi connectivity index (χ4n) is 3.73. The van der Waals surface area contributed by atoms with Gasteiger partial charge in [0.05, 0.1) is 0 Å². The molecule has 0 aliphatic heterocycles. The average Bonchev–Trinajstić information content (AvgIpc) is 2.77. The molecule has 2 amide bonds. The van der Waals surface area contributed by atoms with Gasteiger partial charge in [-0.05, 0) is 58.1 Å². The van der Waals surface area contributed by atoms with Crippen molar-refractivity contribution >= 4 is 11.8 Å². The zero-order valence-electron chi connectivity index (χ0n) is 21.5. The minimum absolute atomic E-state index is 0.351. The summed E-state index contributed by atoms with van der Waals surface area (Å²) in [6.07, 6.45) is 17.6. The van der Waals surface area contributed by atoms with E-state index >= 15 is 0 Å². The monoisotopic (exact) mass is 470 g/mol. The van der Waals surface area contributed by atoms with Crippen LogP contribution in [-0.2, 0) is 9.59 Å². The van der Waals surface area contributed by atoms with Crippen molar-refractivity contribution in [2.45, 2.75) is 136 Å². The molecule has 0 bridgehead atoms. The molecule has 33 heavy (non-hydrogen) atoms. The number of carbonyl (C=O) groups excluding carboxylic acids is 2. The molecule has 0 fully saturated rings. The van der Waals surface area contributed by atoms with Gasteiger partial charge in [0.2, 0.25) is 0 Å². The predicted octanol–water partition coefficient (Wildman–Crippen LogP) is 7.59. The number of amides is 2. The van der Waals surface area contributed by atoms with E-state index in [9.17, 15) is 18.4 Å². The molecule has 0 aliphatic rings. The summed E-state index contributed by atoms with van der Waals surface area (Å²) in [7, 11) is 0. The van der Waals surface area contributed by atoms with E-state index in [0.717, 1.165) is 38.5 Å². The van der Waals surface area contributed by atoms with Crippen LogP contribution in [0.1, 0.15) is 124 Å². The largest absolute Gasteiger partial charge is 0.348 e. The molecule has 0 radical (unpaired) electrons. The van der Waals surface area contributed by atoms with Gasteiger partial charge in [-0.3, -0.25) is 9.59 Å².